The Balaban J connectivity index is 1.18. The number of benzene rings is 9. The van der Waals surface area contributed by atoms with E-state index >= 15 is 0 Å². The first-order valence-electron chi connectivity index (χ1n) is 18.7. The number of para-hydroxylation sites is 1. The molecule has 9 aromatic carbocycles. The van der Waals surface area contributed by atoms with E-state index in [2.05, 4.69) is 146 Å². The van der Waals surface area contributed by atoms with E-state index < -0.39 is 0 Å². The SMILES string of the molecule is c1ccc2cc(-c3cc(-c4nc(-c5ccc6ccccc6c5)nc(-c5cccc6oc7ccccc7c56)n4)c4c(c3)oc3cc5ccccc5cc34)ccc2c1. The average Bonchev–Trinajstić information content (AvgIpc) is 3.82. The van der Waals surface area contributed by atoms with Gasteiger partial charge in [0.1, 0.15) is 22.3 Å². The van der Waals surface area contributed by atoms with Gasteiger partial charge in [-0.15, -0.1) is 0 Å². The van der Waals surface area contributed by atoms with Crippen LogP contribution in [0.4, 0.5) is 0 Å². The molecule has 5 heteroatoms. The summed E-state index contributed by atoms with van der Waals surface area (Å²) in [5, 5.41) is 10.9. The molecule has 0 bridgehead atoms. The lowest BCUT2D eigenvalue weighted by atomic mass is 9.96. The van der Waals surface area contributed by atoms with Crippen molar-refractivity contribution in [1.82, 2.24) is 15.0 Å². The molecular formula is C51H29N3O2. The van der Waals surface area contributed by atoms with Crippen LogP contribution in [0.3, 0.4) is 0 Å². The highest BCUT2D eigenvalue weighted by molar-refractivity contribution is 6.17. The number of nitrogens with zero attached hydrogens (tertiary/aromatic N) is 3. The fourth-order valence-corrected chi connectivity index (χ4v) is 8.34. The lowest BCUT2D eigenvalue weighted by Gasteiger charge is -2.12. The maximum Gasteiger partial charge on any atom is 0.164 e. The summed E-state index contributed by atoms with van der Waals surface area (Å²) in [4.78, 5) is 15.9. The summed E-state index contributed by atoms with van der Waals surface area (Å²) in [5.74, 6) is 1.72. The monoisotopic (exact) mass is 715 g/mol. The Labute approximate surface area is 320 Å². The summed E-state index contributed by atoms with van der Waals surface area (Å²) in [5.41, 5.74) is 7.94. The predicted octanol–water partition coefficient (Wildman–Crippen LogP) is 13.8. The first kappa shape index (κ1) is 30.8. The zero-order valence-electron chi connectivity index (χ0n) is 29.9. The van der Waals surface area contributed by atoms with Crippen molar-refractivity contribution in [3.63, 3.8) is 0 Å². The fourth-order valence-electron chi connectivity index (χ4n) is 8.34. The molecule has 56 heavy (non-hydrogen) atoms. The molecule has 0 spiro atoms. The smallest absolute Gasteiger partial charge is 0.164 e. The number of aromatic nitrogens is 3. The van der Waals surface area contributed by atoms with Crippen LogP contribution in [0, 0.1) is 0 Å². The first-order valence-corrected chi connectivity index (χ1v) is 18.7. The Morgan fingerprint density at radius 1 is 0.286 bits per heavy atom. The minimum Gasteiger partial charge on any atom is -0.456 e. The molecule has 0 aliphatic rings. The van der Waals surface area contributed by atoms with E-state index in [4.69, 9.17) is 23.8 Å². The van der Waals surface area contributed by atoms with Crippen molar-refractivity contribution < 1.29 is 8.83 Å². The van der Waals surface area contributed by atoms with E-state index in [1.807, 2.05) is 30.3 Å². The van der Waals surface area contributed by atoms with Gasteiger partial charge >= 0.3 is 0 Å². The molecule has 0 atom stereocenters. The summed E-state index contributed by atoms with van der Waals surface area (Å²) in [6.07, 6.45) is 0. The normalized spacial score (nSPS) is 11.9. The Morgan fingerprint density at radius 3 is 1.61 bits per heavy atom. The summed E-state index contributed by atoms with van der Waals surface area (Å²) in [6.45, 7) is 0. The van der Waals surface area contributed by atoms with Gasteiger partial charge < -0.3 is 8.83 Å². The van der Waals surface area contributed by atoms with E-state index in [1.165, 1.54) is 10.8 Å². The molecule has 0 saturated heterocycles. The number of furan rings is 2. The summed E-state index contributed by atoms with van der Waals surface area (Å²) < 4.78 is 13.1. The Hall–Kier alpha value is -7.63. The lowest BCUT2D eigenvalue weighted by molar-refractivity contribution is 0.669. The molecule has 3 heterocycles. The zero-order valence-corrected chi connectivity index (χ0v) is 29.9. The quantitative estimate of drug-likeness (QED) is 0.181. The van der Waals surface area contributed by atoms with E-state index in [1.54, 1.807) is 0 Å². The van der Waals surface area contributed by atoms with Crippen molar-refractivity contribution in [2.24, 2.45) is 0 Å². The van der Waals surface area contributed by atoms with Crippen molar-refractivity contribution in [2.45, 2.75) is 0 Å². The number of hydrogen-bond donors (Lipinski definition) is 0. The molecule has 0 saturated carbocycles. The van der Waals surface area contributed by atoms with Crippen LogP contribution in [-0.4, -0.2) is 15.0 Å². The zero-order chi connectivity index (χ0) is 36.7. The minimum absolute atomic E-state index is 0.562. The van der Waals surface area contributed by atoms with Crippen LogP contribution >= 0.6 is 0 Å². The maximum atomic E-state index is 6.76. The molecular weight excluding hydrogens is 687 g/mol. The first-order chi connectivity index (χ1) is 27.7. The standard InChI is InChI=1S/C51H29N3O2/c1-3-12-32-24-36(22-20-30(32)10-1)38-27-42(48-41-26-34-14-5-6-15-35(34)28-45(41)56-46(48)29-38)51-53-49(37-23-21-31-11-2-4-13-33(31)25-37)52-50(54-51)40-17-9-19-44-47(40)39-16-7-8-18-43(39)55-44/h1-29H. The molecule has 260 valence electrons. The van der Waals surface area contributed by atoms with Gasteiger partial charge in [0.05, 0.1) is 0 Å². The Morgan fingerprint density at radius 2 is 0.839 bits per heavy atom. The van der Waals surface area contributed by atoms with Crippen LogP contribution < -0.4 is 0 Å². The van der Waals surface area contributed by atoms with Crippen LogP contribution in [0.1, 0.15) is 0 Å². The van der Waals surface area contributed by atoms with Gasteiger partial charge in [0.25, 0.3) is 0 Å². The average molecular weight is 716 g/mol. The molecule has 5 nitrogen and oxygen atoms in total. The third-order valence-corrected chi connectivity index (χ3v) is 11.0. The van der Waals surface area contributed by atoms with Crippen LogP contribution in [0.2, 0.25) is 0 Å². The largest absolute Gasteiger partial charge is 0.456 e. The molecule has 0 aliphatic heterocycles. The van der Waals surface area contributed by atoms with Crippen molar-refractivity contribution in [3.8, 4) is 45.3 Å². The van der Waals surface area contributed by atoms with Gasteiger partial charge in [-0.2, -0.15) is 0 Å². The van der Waals surface area contributed by atoms with Crippen molar-refractivity contribution in [1.29, 1.82) is 0 Å². The molecule has 0 unspecified atom stereocenters. The Bertz CT molecular complexity index is 3560. The maximum absolute atomic E-state index is 6.76. The van der Waals surface area contributed by atoms with Gasteiger partial charge in [-0.3, -0.25) is 0 Å². The van der Waals surface area contributed by atoms with Crippen LogP contribution in [0.15, 0.2) is 185 Å². The summed E-state index contributed by atoms with van der Waals surface area (Å²) in [7, 11) is 0. The third kappa shape index (κ3) is 4.84. The molecule has 12 rings (SSSR count). The van der Waals surface area contributed by atoms with Crippen molar-refractivity contribution in [2.75, 3.05) is 0 Å². The topological polar surface area (TPSA) is 65.0 Å². The molecule has 0 amide bonds. The fraction of sp³-hybridized carbons (Fsp3) is 0. The molecule has 0 fully saturated rings. The summed E-state index contributed by atoms with van der Waals surface area (Å²) >= 11 is 0. The minimum atomic E-state index is 0.562. The van der Waals surface area contributed by atoms with Crippen molar-refractivity contribution >= 4 is 76.2 Å². The van der Waals surface area contributed by atoms with Gasteiger partial charge in [-0.25, -0.2) is 15.0 Å². The van der Waals surface area contributed by atoms with Gasteiger partial charge in [0.15, 0.2) is 17.5 Å². The van der Waals surface area contributed by atoms with E-state index in [9.17, 15) is 0 Å². The molecule has 0 N–H and O–H groups in total. The molecule has 0 aliphatic carbocycles. The molecule has 0 radical (unpaired) electrons. The van der Waals surface area contributed by atoms with Gasteiger partial charge in [-0.05, 0) is 92.0 Å². The predicted molar refractivity (Wildman–Crippen MR) is 229 cm³/mol. The van der Waals surface area contributed by atoms with Crippen molar-refractivity contribution in [3.05, 3.63) is 176 Å². The van der Waals surface area contributed by atoms with E-state index in [0.29, 0.717) is 17.5 Å². The second kappa shape index (κ2) is 11.9. The highest BCUT2D eigenvalue weighted by Gasteiger charge is 2.22. The van der Waals surface area contributed by atoms with E-state index in [-0.39, 0.29) is 0 Å². The number of rotatable bonds is 4. The summed E-state index contributed by atoms with van der Waals surface area (Å²) in [6, 6.07) is 61.1. The van der Waals surface area contributed by atoms with Crippen LogP contribution in [0.5, 0.6) is 0 Å². The second-order valence-corrected chi connectivity index (χ2v) is 14.4. The van der Waals surface area contributed by atoms with Crippen LogP contribution in [0.25, 0.3) is 121 Å². The number of hydrogen-bond acceptors (Lipinski definition) is 5. The molecule has 12 aromatic rings. The van der Waals surface area contributed by atoms with Gasteiger partial charge in [0, 0.05) is 38.2 Å². The van der Waals surface area contributed by atoms with Gasteiger partial charge in [-0.1, -0.05) is 127 Å². The second-order valence-electron chi connectivity index (χ2n) is 14.4. The highest BCUT2D eigenvalue weighted by Crippen LogP contribution is 2.42. The van der Waals surface area contributed by atoms with Crippen LogP contribution in [-0.2, 0) is 0 Å². The lowest BCUT2D eigenvalue weighted by Crippen LogP contribution is -2.01. The number of fused-ring (bicyclic) bond motifs is 9. The highest BCUT2D eigenvalue weighted by atomic mass is 16.3. The van der Waals surface area contributed by atoms with Gasteiger partial charge in [0.2, 0.25) is 0 Å². The third-order valence-electron chi connectivity index (χ3n) is 11.0. The van der Waals surface area contributed by atoms with E-state index in [0.717, 1.165) is 93.2 Å². The molecule has 3 aromatic heterocycles. The Kier molecular flexibility index (Phi) is 6.56.